The molecule has 9 heteroatoms. The largest absolute Gasteiger partial charge is 0.743 e. The first-order valence-electron chi connectivity index (χ1n) is 7.39. The second kappa shape index (κ2) is 8.53. The Hall–Kier alpha value is -2.29. The van der Waals surface area contributed by atoms with E-state index >= 15 is 0 Å². The molecule has 0 radical (unpaired) electrons. The lowest BCUT2D eigenvalue weighted by molar-refractivity contribution is -0.149. The van der Waals surface area contributed by atoms with Crippen molar-refractivity contribution in [1.29, 1.82) is 0 Å². The van der Waals surface area contributed by atoms with Crippen LogP contribution in [-0.4, -0.2) is 26.7 Å². The maximum Gasteiger partial charge on any atom is 0.743 e. The van der Waals surface area contributed by atoms with Crippen molar-refractivity contribution in [3.05, 3.63) is 29.8 Å². The van der Waals surface area contributed by atoms with Crippen LogP contribution >= 0.6 is 0 Å². The fourth-order valence-corrected chi connectivity index (χ4v) is 3.99. The van der Waals surface area contributed by atoms with Gasteiger partial charge in [0.2, 0.25) is 0 Å². The monoisotopic (exact) mass is 360 g/mol. The molecule has 0 spiro atoms. The van der Waals surface area contributed by atoms with E-state index in [0.717, 1.165) is 12.1 Å². The van der Waals surface area contributed by atoms with Crippen LogP contribution in [-0.2, 0) is 27.7 Å². The zero-order valence-corrected chi connectivity index (χ0v) is 14.6. The number of rotatable bonds is 7. The fourth-order valence-electron chi connectivity index (χ4n) is 1.59. The third-order valence-electron chi connectivity index (χ3n) is 2.88. The van der Waals surface area contributed by atoms with Crippen LogP contribution < -0.4 is 5.19 Å². The fraction of sp³-hybridized carbons (Fsp3) is 0.400. The summed E-state index contributed by atoms with van der Waals surface area (Å²) in [5.74, 6) is -4.82. The Balaban J connectivity index is 3.45. The van der Waals surface area contributed by atoms with Crippen molar-refractivity contribution in [3.8, 4) is 0 Å². The minimum Gasteiger partial charge on any atom is -0.452 e. The molecule has 132 valence electrons. The summed E-state index contributed by atoms with van der Waals surface area (Å²) in [4.78, 5) is 35.3. The molecule has 0 fully saturated rings. The standard InChI is InChI=1S/C15H18F2O6Si/c1-4-13(18)21-24(22-14(19)5-2,23-15(20)6-3)10-7-8-11(16)12(17)9-10/h7-9H,4-6H2,1-3H3. The van der Waals surface area contributed by atoms with E-state index in [1.165, 1.54) is 20.8 Å². The zero-order chi connectivity index (χ0) is 18.3. The molecule has 0 bridgehead atoms. The van der Waals surface area contributed by atoms with Gasteiger partial charge in [-0.3, -0.25) is 14.4 Å². The quantitative estimate of drug-likeness (QED) is 0.692. The van der Waals surface area contributed by atoms with Crippen molar-refractivity contribution < 1.29 is 36.4 Å². The van der Waals surface area contributed by atoms with Crippen molar-refractivity contribution in [2.45, 2.75) is 40.0 Å². The van der Waals surface area contributed by atoms with Gasteiger partial charge in [0.05, 0.1) is 5.19 Å². The van der Waals surface area contributed by atoms with E-state index in [1.807, 2.05) is 0 Å². The normalized spacial score (nSPS) is 10.9. The summed E-state index contributed by atoms with van der Waals surface area (Å²) >= 11 is 0. The number of halogens is 2. The van der Waals surface area contributed by atoms with Gasteiger partial charge in [0.25, 0.3) is 17.9 Å². The number of hydrogen-bond donors (Lipinski definition) is 0. The zero-order valence-electron chi connectivity index (χ0n) is 13.6. The lowest BCUT2D eigenvalue weighted by Gasteiger charge is -2.27. The van der Waals surface area contributed by atoms with E-state index in [9.17, 15) is 23.2 Å². The number of carbonyl (C=O) groups excluding carboxylic acids is 3. The average Bonchev–Trinajstić information content (AvgIpc) is 2.56. The highest BCUT2D eigenvalue weighted by molar-refractivity contribution is 6.79. The second-order valence-corrected chi connectivity index (χ2v) is 6.97. The summed E-state index contributed by atoms with van der Waals surface area (Å²) in [5.41, 5.74) is 0. The maximum absolute atomic E-state index is 13.6. The second-order valence-electron chi connectivity index (χ2n) is 4.67. The van der Waals surface area contributed by atoms with Crippen molar-refractivity contribution in [2.24, 2.45) is 0 Å². The third-order valence-corrected chi connectivity index (χ3v) is 5.39. The molecule has 1 rings (SSSR count). The van der Waals surface area contributed by atoms with Gasteiger partial charge < -0.3 is 13.3 Å². The molecular weight excluding hydrogens is 342 g/mol. The molecule has 1 aromatic rings. The van der Waals surface area contributed by atoms with E-state index < -0.39 is 38.3 Å². The molecular formula is C15H18F2O6Si. The summed E-state index contributed by atoms with van der Waals surface area (Å²) in [7, 11) is -4.43. The van der Waals surface area contributed by atoms with Crippen molar-refractivity contribution >= 4 is 31.9 Å². The topological polar surface area (TPSA) is 78.9 Å². The molecule has 0 N–H and O–H groups in total. The van der Waals surface area contributed by atoms with E-state index in [0.29, 0.717) is 6.07 Å². The highest BCUT2D eigenvalue weighted by Gasteiger charge is 2.55. The van der Waals surface area contributed by atoms with Crippen LogP contribution in [0.25, 0.3) is 0 Å². The average molecular weight is 360 g/mol. The Morgan fingerprint density at radius 1 is 0.833 bits per heavy atom. The van der Waals surface area contributed by atoms with Gasteiger partial charge in [0.1, 0.15) is 0 Å². The molecule has 0 saturated carbocycles. The molecule has 0 unspecified atom stereocenters. The molecule has 0 atom stereocenters. The Kier molecular flexibility index (Phi) is 7.02. The minimum absolute atomic E-state index is 0.0915. The summed E-state index contributed by atoms with van der Waals surface area (Å²) in [5, 5.41) is -0.202. The Labute approximate surface area is 139 Å². The lowest BCUT2D eigenvalue weighted by Crippen LogP contribution is -2.60. The van der Waals surface area contributed by atoms with Gasteiger partial charge in [0.15, 0.2) is 11.6 Å². The van der Waals surface area contributed by atoms with Crippen LogP contribution in [0.2, 0.25) is 0 Å². The number of carbonyl (C=O) groups is 3. The summed E-state index contributed by atoms with van der Waals surface area (Å²) in [6.45, 7) is 4.45. The van der Waals surface area contributed by atoms with E-state index in [4.69, 9.17) is 13.3 Å². The van der Waals surface area contributed by atoms with Crippen molar-refractivity contribution in [3.63, 3.8) is 0 Å². The smallest absolute Gasteiger partial charge is 0.452 e. The molecule has 1 aromatic carbocycles. The predicted octanol–water partition coefficient (Wildman–Crippen LogP) is 1.97. The highest BCUT2D eigenvalue weighted by Crippen LogP contribution is 2.16. The first kappa shape index (κ1) is 19.8. The highest BCUT2D eigenvalue weighted by atomic mass is 28.4. The van der Waals surface area contributed by atoms with Crippen molar-refractivity contribution in [1.82, 2.24) is 0 Å². The van der Waals surface area contributed by atoms with Crippen LogP contribution in [0.1, 0.15) is 40.0 Å². The SMILES string of the molecule is CCC(=O)O[Si](OC(=O)CC)(OC(=O)CC)c1ccc(F)c(F)c1. The van der Waals surface area contributed by atoms with E-state index in [-0.39, 0.29) is 24.4 Å². The molecule has 0 aromatic heterocycles. The third kappa shape index (κ3) is 4.85. The van der Waals surface area contributed by atoms with E-state index in [2.05, 4.69) is 0 Å². The molecule has 24 heavy (non-hydrogen) atoms. The first-order valence-corrected chi connectivity index (χ1v) is 9.11. The summed E-state index contributed by atoms with van der Waals surface area (Å²) < 4.78 is 42.2. The molecule has 0 aliphatic rings. The lowest BCUT2D eigenvalue weighted by atomic mass is 10.3. The Morgan fingerprint density at radius 2 is 1.25 bits per heavy atom. The van der Waals surface area contributed by atoms with Gasteiger partial charge in [-0.1, -0.05) is 20.8 Å². The maximum atomic E-state index is 13.6. The van der Waals surface area contributed by atoms with Gasteiger partial charge in [-0.15, -0.1) is 0 Å². The molecule has 0 aliphatic heterocycles. The Morgan fingerprint density at radius 3 is 1.58 bits per heavy atom. The van der Waals surface area contributed by atoms with Crippen LogP contribution in [0.5, 0.6) is 0 Å². The van der Waals surface area contributed by atoms with Crippen LogP contribution in [0.15, 0.2) is 18.2 Å². The van der Waals surface area contributed by atoms with Gasteiger partial charge in [-0.25, -0.2) is 8.78 Å². The molecule has 0 saturated heterocycles. The van der Waals surface area contributed by atoms with Gasteiger partial charge in [-0.05, 0) is 18.2 Å². The van der Waals surface area contributed by atoms with Crippen molar-refractivity contribution in [2.75, 3.05) is 0 Å². The van der Waals surface area contributed by atoms with Crippen LogP contribution in [0.3, 0.4) is 0 Å². The molecule has 0 aliphatic carbocycles. The molecule has 0 amide bonds. The Bertz CT molecular complexity index is 589. The van der Waals surface area contributed by atoms with Crippen LogP contribution in [0, 0.1) is 11.6 Å². The molecule has 6 nitrogen and oxygen atoms in total. The predicted molar refractivity (Wildman–Crippen MR) is 80.9 cm³/mol. The number of hydrogen-bond acceptors (Lipinski definition) is 6. The first-order chi connectivity index (χ1) is 11.3. The van der Waals surface area contributed by atoms with Crippen LogP contribution in [0.4, 0.5) is 8.78 Å². The summed E-state index contributed by atoms with van der Waals surface area (Å²) in [6, 6.07) is 2.52. The van der Waals surface area contributed by atoms with Gasteiger partial charge in [0, 0.05) is 19.3 Å². The summed E-state index contributed by atoms with van der Waals surface area (Å²) in [6.07, 6.45) is -0.274. The van der Waals surface area contributed by atoms with E-state index in [1.54, 1.807) is 0 Å². The van der Waals surface area contributed by atoms with Gasteiger partial charge in [-0.2, -0.15) is 0 Å². The number of benzene rings is 1. The molecule has 0 heterocycles. The minimum atomic E-state index is -4.43. The van der Waals surface area contributed by atoms with Gasteiger partial charge >= 0.3 is 8.80 Å².